The van der Waals surface area contributed by atoms with Crippen molar-refractivity contribution in [1.29, 1.82) is 0 Å². The molecule has 3 heteroatoms. The van der Waals surface area contributed by atoms with Gasteiger partial charge in [-0.25, -0.2) is 4.79 Å². The minimum atomic E-state index is -0.879. The van der Waals surface area contributed by atoms with E-state index in [1.165, 1.54) is 0 Å². The van der Waals surface area contributed by atoms with E-state index in [1.807, 2.05) is 30.3 Å². The molecule has 0 unspecified atom stereocenters. The van der Waals surface area contributed by atoms with Gasteiger partial charge in [0.15, 0.2) is 0 Å². The number of carbonyl (C=O) groups is 1. The summed E-state index contributed by atoms with van der Waals surface area (Å²) >= 11 is 5.54. The number of aromatic carboxylic acids is 1. The molecule has 2 nitrogen and oxygen atoms in total. The van der Waals surface area contributed by atoms with Crippen LogP contribution in [0.4, 0.5) is 0 Å². The predicted molar refractivity (Wildman–Crippen MR) is 71.6 cm³/mol. The van der Waals surface area contributed by atoms with Crippen molar-refractivity contribution >= 4 is 17.6 Å². The molecule has 0 aliphatic rings. The zero-order valence-corrected chi connectivity index (χ0v) is 9.26. The molecule has 0 radical (unpaired) electrons. The van der Waals surface area contributed by atoms with Gasteiger partial charge >= 0.3 is 5.97 Å². The second-order valence-electron chi connectivity index (χ2n) is 2.97. The monoisotopic (exact) mass is 250 g/mol. The summed E-state index contributed by atoms with van der Waals surface area (Å²) in [4.78, 5) is 10.2. The van der Waals surface area contributed by atoms with Crippen molar-refractivity contribution in [3.8, 4) is 0 Å². The molecule has 0 amide bonds. The molecule has 0 saturated heterocycles. The molecular weight excluding hydrogens is 236 g/mol. The highest BCUT2D eigenvalue weighted by molar-refractivity contribution is 6.30. The quantitative estimate of drug-likeness (QED) is 0.816. The van der Waals surface area contributed by atoms with Crippen LogP contribution in [0.5, 0.6) is 0 Å². The van der Waals surface area contributed by atoms with Crippen LogP contribution in [0.1, 0.15) is 17.8 Å². The fraction of sp³-hybridized carbons (Fsp3) is 0.0714. The van der Waals surface area contributed by atoms with Gasteiger partial charge < -0.3 is 5.11 Å². The molecule has 2 aromatic carbocycles. The molecular formula is C14H15ClO2. The normalized spacial score (nSPS) is 8.29. The Bertz CT molecular complexity index is 426. The van der Waals surface area contributed by atoms with Gasteiger partial charge in [0.05, 0.1) is 5.56 Å². The van der Waals surface area contributed by atoms with E-state index in [-0.39, 0.29) is 7.43 Å². The average molecular weight is 251 g/mol. The summed E-state index contributed by atoms with van der Waals surface area (Å²) in [5.41, 5.74) is 0.331. The van der Waals surface area contributed by atoms with Crippen molar-refractivity contribution in [1.82, 2.24) is 0 Å². The summed E-state index contributed by atoms with van der Waals surface area (Å²) in [6, 6.07) is 17.7. The molecule has 0 bridgehead atoms. The Balaban J connectivity index is 0.000000292. The van der Waals surface area contributed by atoms with E-state index in [0.717, 1.165) is 5.02 Å². The molecule has 0 saturated carbocycles. The predicted octanol–water partition coefficient (Wildman–Crippen LogP) is 4.36. The van der Waals surface area contributed by atoms with Crippen LogP contribution < -0.4 is 0 Å². The van der Waals surface area contributed by atoms with Gasteiger partial charge in [-0.2, -0.15) is 0 Å². The van der Waals surface area contributed by atoms with Gasteiger partial charge in [0.1, 0.15) is 0 Å². The van der Waals surface area contributed by atoms with E-state index in [9.17, 15) is 4.79 Å². The maximum absolute atomic E-state index is 10.2. The Morgan fingerprint density at radius 2 is 1.29 bits per heavy atom. The third kappa shape index (κ3) is 6.38. The highest BCUT2D eigenvalue weighted by atomic mass is 35.5. The van der Waals surface area contributed by atoms with Crippen molar-refractivity contribution in [2.45, 2.75) is 7.43 Å². The molecule has 0 heterocycles. The van der Waals surface area contributed by atoms with E-state index >= 15 is 0 Å². The standard InChI is InChI=1S/C7H6O2.C6H5Cl.CH4/c8-7(9)6-4-2-1-3-5-6;7-6-4-2-1-3-5-6;/h1-5H,(H,8,9);1-5H;1H4. The lowest BCUT2D eigenvalue weighted by molar-refractivity contribution is 0.0697. The molecule has 90 valence electrons. The maximum Gasteiger partial charge on any atom is 0.335 e. The van der Waals surface area contributed by atoms with Crippen molar-refractivity contribution in [2.24, 2.45) is 0 Å². The number of hydrogen-bond donors (Lipinski definition) is 1. The number of hydrogen-bond acceptors (Lipinski definition) is 1. The average Bonchev–Trinajstić information content (AvgIpc) is 2.32. The SMILES string of the molecule is C.Clc1ccccc1.O=C(O)c1ccccc1. The Labute approximate surface area is 106 Å². The fourth-order valence-electron chi connectivity index (χ4n) is 0.995. The topological polar surface area (TPSA) is 37.3 Å². The molecule has 0 aromatic heterocycles. The first-order valence-corrected chi connectivity index (χ1v) is 5.07. The Kier molecular flexibility index (Phi) is 7.48. The minimum Gasteiger partial charge on any atom is -0.478 e. The number of benzene rings is 2. The zero-order valence-electron chi connectivity index (χ0n) is 8.51. The number of rotatable bonds is 1. The van der Waals surface area contributed by atoms with Crippen LogP contribution in [0.2, 0.25) is 5.02 Å². The summed E-state index contributed by atoms with van der Waals surface area (Å²) < 4.78 is 0. The van der Waals surface area contributed by atoms with Gasteiger partial charge in [0.25, 0.3) is 0 Å². The van der Waals surface area contributed by atoms with Gasteiger partial charge in [0.2, 0.25) is 0 Å². The van der Waals surface area contributed by atoms with E-state index in [1.54, 1.807) is 30.3 Å². The van der Waals surface area contributed by atoms with E-state index in [0.29, 0.717) is 5.56 Å². The molecule has 0 aliphatic heterocycles. The molecule has 0 atom stereocenters. The number of carboxylic acid groups (broad SMARTS) is 1. The summed E-state index contributed by atoms with van der Waals surface area (Å²) in [5, 5.41) is 9.18. The Morgan fingerprint density at radius 1 is 0.882 bits per heavy atom. The van der Waals surface area contributed by atoms with Gasteiger partial charge in [-0.05, 0) is 24.3 Å². The zero-order chi connectivity index (χ0) is 11.8. The van der Waals surface area contributed by atoms with Gasteiger partial charge in [0, 0.05) is 5.02 Å². The van der Waals surface area contributed by atoms with Crippen molar-refractivity contribution in [3.63, 3.8) is 0 Å². The molecule has 17 heavy (non-hydrogen) atoms. The van der Waals surface area contributed by atoms with E-state index in [4.69, 9.17) is 16.7 Å². The first-order valence-electron chi connectivity index (χ1n) is 4.69. The van der Waals surface area contributed by atoms with Crippen LogP contribution in [0.25, 0.3) is 0 Å². The van der Waals surface area contributed by atoms with E-state index in [2.05, 4.69) is 0 Å². The van der Waals surface area contributed by atoms with Crippen molar-refractivity contribution in [2.75, 3.05) is 0 Å². The van der Waals surface area contributed by atoms with Crippen LogP contribution in [0, 0.1) is 0 Å². The molecule has 0 fully saturated rings. The summed E-state index contributed by atoms with van der Waals surface area (Å²) in [7, 11) is 0. The van der Waals surface area contributed by atoms with Crippen LogP contribution in [0.3, 0.4) is 0 Å². The molecule has 0 aliphatic carbocycles. The number of halogens is 1. The summed E-state index contributed by atoms with van der Waals surface area (Å²) in [5.74, 6) is -0.879. The largest absolute Gasteiger partial charge is 0.478 e. The third-order valence-electron chi connectivity index (χ3n) is 1.75. The molecule has 2 aromatic rings. The summed E-state index contributed by atoms with van der Waals surface area (Å²) in [6.07, 6.45) is 0. The lowest BCUT2D eigenvalue weighted by Gasteiger charge is -1.88. The Hall–Kier alpha value is -1.80. The smallest absolute Gasteiger partial charge is 0.335 e. The van der Waals surface area contributed by atoms with E-state index < -0.39 is 5.97 Å². The van der Waals surface area contributed by atoms with Crippen molar-refractivity contribution in [3.05, 3.63) is 71.2 Å². The Morgan fingerprint density at radius 3 is 1.53 bits per heavy atom. The molecule has 1 N–H and O–H groups in total. The van der Waals surface area contributed by atoms with Crippen LogP contribution in [0.15, 0.2) is 60.7 Å². The highest BCUT2D eigenvalue weighted by Gasteiger charge is 1.96. The van der Waals surface area contributed by atoms with Crippen molar-refractivity contribution < 1.29 is 9.90 Å². The molecule has 0 spiro atoms. The summed E-state index contributed by atoms with van der Waals surface area (Å²) in [6.45, 7) is 0. The fourth-order valence-corrected chi connectivity index (χ4v) is 1.14. The first kappa shape index (κ1) is 15.2. The second-order valence-corrected chi connectivity index (χ2v) is 3.40. The van der Waals surface area contributed by atoms with Crippen LogP contribution in [-0.4, -0.2) is 11.1 Å². The lowest BCUT2D eigenvalue weighted by atomic mass is 10.2. The number of carboxylic acids is 1. The minimum absolute atomic E-state index is 0. The molecule has 2 rings (SSSR count). The van der Waals surface area contributed by atoms with Gasteiger partial charge in [-0.15, -0.1) is 0 Å². The lowest BCUT2D eigenvalue weighted by Crippen LogP contribution is -1.93. The highest BCUT2D eigenvalue weighted by Crippen LogP contribution is 2.03. The third-order valence-corrected chi connectivity index (χ3v) is 2.01. The van der Waals surface area contributed by atoms with Crippen LogP contribution in [-0.2, 0) is 0 Å². The maximum atomic E-state index is 10.2. The van der Waals surface area contributed by atoms with Gasteiger partial charge in [-0.3, -0.25) is 0 Å². The van der Waals surface area contributed by atoms with Crippen LogP contribution >= 0.6 is 11.6 Å². The first-order chi connectivity index (χ1) is 7.70. The van der Waals surface area contributed by atoms with Gasteiger partial charge in [-0.1, -0.05) is 55.4 Å². The second kappa shape index (κ2) is 8.36.